The second-order valence-electron chi connectivity index (χ2n) is 5.66. The summed E-state index contributed by atoms with van der Waals surface area (Å²) in [6, 6.07) is 15.0. The van der Waals surface area contributed by atoms with E-state index in [1.165, 1.54) is 22.5 Å². The molecule has 0 aliphatic carbocycles. The van der Waals surface area contributed by atoms with E-state index in [4.69, 9.17) is 4.74 Å². The molecule has 0 radical (unpaired) electrons. The Morgan fingerprint density at radius 2 is 2.05 bits per heavy atom. The minimum absolute atomic E-state index is 0.828. The van der Waals surface area contributed by atoms with Crippen LogP contribution in [0.3, 0.4) is 0 Å². The van der Waals surface area contributed by atoms with Crippen molar-refractivity contribution in [2.24, 2.45) is 0 Å². The van der Waals surface area contributed by atoms with Gasteiger partial charge in [0.05, 0.1) is 6.61 Å². The predicted octanol–water partition coefficient (Wildman–Crippen LogP) is 3.34. The van der Waals surface area contributed by atoms with E-state index in [-0.39, 0.29) is 0 Å². The Kier molecular flexibility index (Phi) is 4.00. The molecule has 3 nitrogen and oxygen atoms in total. The molecule has 1 aliphatic heterocycles. The van der Waals surface area contributed by atoms with Gasteiger partial charge in [-0.1, -0.05) is 18.2 Å². The van der Waals surface area contributed by atoms with Gasteiger partial charge in [-0.05, 0) is 41.8 Å². The average Bonchev–Trinajstić information content (AvgIpc) is 2.95. The summed E-state index contributed by atoms with van der Waals surface area (Å²) in [5.41, 5.74) is 5.11. The molecule has 0 aromatic heterocycles. The van der Waals surface area contributed by atoms with Crippen molar-refractivity contribution >= 4 is 11.4 Å². The van der Waals surface area contributed by atoms with Crippen molar-refractivity contribution in [3.8, 4) is 5.75 Å². The van der Waals surface area contributed by atoms with E-state index in [0.717, 1.165) is 31.7 Å². The fourth-order valence-corrected chi connectivity index (χ4v) is 2.64. The molecule has 0 spiro atoms. The Balaban J connectivity index is 1.57. The van der Waals surface area contributed by atoms with Crippen molar-refractivity contribution in [1.82, 2.24) is 0 Å². The summed E-state index contributed by atoms with van der Waals surface area (Å²) >= 11 is 0. The number of rotatable bonds is 5. The van der Waals surface area contributed by atoms with Crippen molar-refractivity contribution in [3.05, 3.63) is 53.6 Å². The Hall–Kier alpha value is -2.16. The van der Waals surface area contributed by atoms with E-state index in [1.807, 2.05) is 0 Å². The van der Waals surface area contributed by atoms with Crippen molar-refractivity contribution in [2.75, 3.05) is 37.5 Å². The molecular formula is C18H22N2O. The molecule has 110 valence electrons. The van der Waals surface area contributed by atoms with Gasteiger partial charge >= 0.3 is 0 Å². The molecule has 0 saturated carbocycles. The van der Waals surface area contributed by atoms with Crippen molar-refractivity contribution in [2.45, 2.75) is 12.8 Å². The third-order valence-corrected chi connectivity index (χ3v) is 3.86. The van der Waals surface area contributed by atoms with Crippen LogP contribution < -0.4 is 15.0 Å². The van der Waals surface area contributed by atoms with Crippen LogP contribution in [-0.2, 0) is 12.8 Å². The van der Waals surface area contributed by atoms with E-state index >= 15 is 0 Å². The summed E-state index contributed by atoms with van der Waals surface area (Å²) in [6.07, 6.45) is 2.07. The van der Waals surface area contributed by atoms with Crippen molar-refractivity contribution in [3.63, 3.8) is 0 Å². The fraction of sp³-hybridized carbons (Fsp3) is 0.333. The molecule has 3 heteroatoms. The largest absolute Gasteiger partial charge is 0.493 e. The highest BCUT2D eigenvalue weighted by molar-refractivity contribution is 5.57. The minimum atomic E-state index is 0.828. The zero-order chi connectivity index (χ0) is 14.7. The van der Waals surface area contributed by atoms with Crippen LogP contribution in [0.15, 0.2) is 42.5 Å². The molecule has 21 heavy (non-hydrogen) atoms. The van der Waals surface area contributed by atoms with Gasteiger partial charge in [-0.2, -0.15) is 0 Å². The number of ether oxygens (including phenoxy) is 1. The summed E-state index contributed by atoms with van der Waals surface area (Å²) in [6.45, 7) is 1.77. The van der Waals surface area contributed by atoms with E-state index in [0.29, 0.717) is 0 Å². The van der Waals surface area contributed by atoms with Crippen LogP contribution in [0.1, 0.15) is 11.1 Å². The number of fused-ring (bicyclic) bond motifs is 1. The molecule has 0 bridgehead atoms. The standard InChI is InChI=1S/C18H22N2O/c1-20(2)17-5-3-4-16(13-17)19-10-8-14-6-7-18-15(12-14)9-11-21-18/h3-7,12-13,19H,8-11H2,1-2H3. The summed E-state index contributed by atoms with van der Waals surface area (Å²) < 4.78 is 5.54. The van der Waals surface area contributed by atoms with Gasteiger partial charge < -0.3 is 15.0 Å². The second kappa shape index (κ2) is 6.08. The molecular weight excluding hydrogens is 260 g/mol. The molecule has 3 rings (SSSR count). The van der Waals surface area contributed by atoms with Gasteiger partial charge in [-0.3, -0.25) is 0 Å². The quantitative estimate of drug-likeness (QED) is 0.910. The highest BCUT2D eigenvalue weighted by Gasteiger charge is 2.11. The normalized spacial score (nSPS) is 12.7. The lowest BCUT2D eigenvalue weighted by Gasteiger charge is -2.14. The van der Waals surface area contributed by atoms with Crippen LogP contribution in [0.4, 0.5) is 11.4 Å². The first-order chi connectivity index (χ1) is 10.2. The highest BCUT2D eigenvalue weighted by Crippen LogP contribution is 2.26. The first-order valence-corrected chi connectivity index (χ1v) is 7.48. The van der Waals surface area contributed by atoms with Gasteiger partial charge in [0, 0.05) is 38.4 Å². The molecule has 1 heterocycles. The van der Waals surface area contributed by atoms with Gasteiger partial charge in [-0.15, -0.1) is 0 Å². The van der Waals surface area contributed by atoms with Crippen LogP contribution in [0.2, 0.25) is 0 Å². The molecule has 0 saturated heterocycles. The summed E-state index contributed by atoms with van der Waals surface area (Å²) in [5, 5.41) is 3.50. The van der Waals surface area contributed by atoms with Gasteiger partial charge in [0.15, 0.2) is 0 Å². The first-order valence-electron chi connectivity index (χ1n) is 7.48. The van der Waals surface area contributed by atoms with E-state index in [2.05, 4.69) is 66.8 Å². The Morgan fingerprint density at radius 1 is 1.14 bits per heavy atom. The summed E-state index contributed by atoms with van der Waals surface area (Å²) in [7, 11) is 4.12. The molecule has 2 aromatic carbocycles. The number of anilines is 2. The molecule has 0 atom stereocenters. The first kappa shape index (κ1) is 13.8. The number of hydrogen-bond acceptors (Lipinski definition) is 3. The maximum Gasteiger partial charge on any atom is 0.122 e. The van der Waals surface area contributed by atoms with E-state index < -0.39 is 0 Å². The summed E-state index contributed by atoms with van der Waals surface area (Å²) in [4.78, 5) is 2.12. The zero-order valence-electron chi connectivity index (χ0n) is 12.7. The van der Waals surface area contributed by atoms with E-state index in [9.17, 15) is 0 Å². The monoisotopic (exact) mass is 282 g/mol. The number of hydrogen-bond donors (Lipinski definition) is 1. The maximum absolute atomic E-state index is 5.54. The van der Waals surface area contributed by atoms with Crippen LogP contribution in [0.25, 0.3) is 0 Å². The third kappa shape index (κ3) is 3.30. The Morgan fingerprint density at radius 3 is 2.90 bits per heavy atom. The topological polar surface area (TPSA) is 24.5 Å². The van der Waals surface area contributed by atoms with Crippen LogP contribution in [-0.4, -0.2) is 27.2 Å². The molecule has 1 aliphatic rings. The van der Waals surface area contributed by atoms with E-state index in [1.54, 1.807) is 0 Å². The van der Waals surface area contributed by atoms with Gasteiger partial charge in [0.2, 0.25) is 0 Å². The molecule has 0 unspecified atom stereocenters. The zero-order valence-corrected chi connectivity index (χ0v) is 12.7. The lowest BCUT2D eigenvalue weighted by Crippen LogP contribution is -2.10. The average molecular weight is 282 g/mol. The lowest BCUT2D eigenvalue weighted by molar-refractivity contribution is 0.357. The number of benzene rings is 2. The number of nitrogens with zero attached hydrogens (tertiary/aromatic N) is 1. The predicted molar refractivity (Wildman–Crippen MR) is 88.6 cm³/mol. The van der Waals surface area contributed by atoms with Gasteiger partial charge in [0.25, 0.3) is 0 Å². The van der Waals surface area contributed by atoms with Crippen LogP contribution in [0, 0.1) is 0 Å². The Labute approximate surface area is 126 Å². The molecule has 0 fully saturated rings. The second-order valence-corrected chi connectivity index (χ2v) is 5.66. The van der Waals surface area contributed by atoms with Gasteiger partial charge in [0.1, 0.15) is 5.75 Å². The smallest absolute Gasteiger partial charge is 0.122 e. The van der Waals surface area contributed by atoms with Crippen molar-refractivity contribution < 1.29 is 4.74 Å². The van der Waals surface area contributed by atoms with Gasteiger partial charge in [-0.25, -0.2) is 0 Å². The number of nitrogens with one attached hydrogen (secondary N) is 1. The third-order valence-electron chi connectivity index (χ3n) is 3.86. The molecule has 2 aromatic rings. The molecule has 0 amide bonds. The Bertz CT molecular complexity index is 622. The van der Waals surface area contributed by atoms with Crippen LogP contribution in [0.5, 0.6) is 5.75 Å². The molecule has 1 N–H and O–H groups in total. The summed E-state index contributed by atoms with van der Waals surface area (Å²) in [5.74, 6) is 1.06. The lowest BCUT2D eigenvalue weighted by atomic mass is 10.1. The fourth-order valence-electron chi connectivity index (χ4n) is 2.64. The minimum Gasteiger partial charge on any atom is -0.493 e. The van der Waals surface area contributed by atoms with Crippen LogP contribution >= 0.6 is 0 Å². The maximum atomic E-state index is 5.54. The SMILES string of the molecule is CN(C)c1cccc(NCCc2ccc3c(c2)CCO3)c1. The highest BCUT2D eigenvalue weighted by atomic mass is 16.5. The van der Waals surface area contributed by atoms with Crippen molar-refractivity contribution in [1.29, 1.82) is 0 Å².